The van der Waals surface area contributed by atoms with Crippen LogP contribution in [0.25, 0.3) is 0 Å². The minimum Gasteiger partial charge on any atom is -0.342 e. The van der Waals surface area contributed by atoms with Crippen molar-refractivity contribution in [2.75, 3.05) is 26.4 Å². The second-order valence-electron chi connectivity index (χ2n) is 6.27. The van der Waals surface area contributed by atoms with Gasteiger partial charge in [0, 0.05) is 31.9 Å². The lowest BCUT2D eigenvalue weighted by molar-refractivity contribution is -0.131. The zero-order valence-electron chi connectivity index (χ0n) is 14.5. The molecule has 1 aromatic rings. The van der Waals surface area contributed by atoms with Crippen molar-refractivity contribution in [1.82, 2.24) is 9.21 Å². The number of piperidine rings is 1. The molecule has 5 nitrogen and oxygen atoms in total. The molecule has 0 aromatic heterocycles. The Morgan fingerprint density at radius 2 is 1.88 bits per heavy atom. The zero-order valence-corrected chi connectivity index (χ0v) is 16.1. The molecule has 0 aliphatic carbocycles. The van der Waals surface area contributed by atoms with E-state index in [1.807, 2.05) is 30.0 Å². The second-order valence-corrected chi connectivity index (χ2v) is 9.65. The van der Waals surface area contributed by atoms with Crippen LogP contribution in [0.1, 0.15) is 25.3 Å². The predicted molar refractivity (Wildman–Crippen MR) is 99.4 cm³/mol. The van der Waals surface area contributed by atoms with Gasteiger partial charge in [-0.1, -0.05) is 30.3 Å². The first-order chi connectivity index (χ1) is 11.3. The summed E-state index contributed by atoms with van der Waals surface area (Å²) in [4.78, 5) is 14.4. The fourth-order valence-electron chi connectivity index (χ4n) is 2.84. The first-order valence-corrected chi connectivity index (χ1v) is 11.1. The van der Waals surface area contributed by atoms with Gasteiger partial charge < -0.3 is 4.90 Å². The maximum Gasteiger partial charge on any atom is 0.235 e. The van der Waals surface area contributed by atoms with Crippen molar-refractivity contribution in [2.24, 2.45) is 0 Å². The predicted octanol–water partition coefficient (Wildman–Crippen LogP) is 2.19. The quantitative estimate of drug-likeness (QED) is 0.770. The van der Waals surface area contributed by atoms with Gasteiger partial charge in [-0.25, -0.2) is 12.7 Å². The SMILES string of the molecule is CC(SCc1ccccc1)C(=O)N1CCC(N(C)S(C)(=O)=O)CC1. The molecule has 1 aliphatic heterocycles. The number of sulfonamides is 1. The van der Waals surface area contributed by atoms with Crippen molar-refractivity contribution < 1.29 is 13.2 Å². The van der Waals surface area contributed by atoms with E-state index in [0.717, 1.165) is 5.75 Å². The number of hydrogen-bond donors (Lipinski definition) is 0. The van der Waals surface area contributed by atoms with E-state index in [4.69, 9.17) is 0 Å². The van der Waals surface area contributed by atoms with Crippen molar-refractivity contribution in [2.45, 2.75) is 36.8 Å². The molecule has 7 heteroatoms. The Kier molecular flexibility index (Phi) is 6.71. The average molecular weight is 371 g/mol. The highest BCUT2D eigenvalue weighted by atomic mass is 32.2. The molecule has 0 radical (unpaired) electrons. The van der Waals surface area contributed by atoms with E-state index in [1.165, 1.54) is 16.1 Å². The van der Waals surface area contributed by atoms with Gasteiger partial charge in [0.05, 0.1) is 11.5 Å². The number of hydrogen-bond acceptors (Lipinski definition) is 4. The monoisotopic (exact) mass is 370 g/mol. The number of amides is 1. The Morgan fingerprint density at radius 3 is 2.42 bits per heavy atom. The van der Waals surface area contributed by atoms with Gasteiger partial charge in [0.25, 0.3) is 0 Å². The van der Waals surface area contributed by atoms with Gasteiger partial charge in [0.15, 0.2) is 0 Å². The Hall–Kier alpha value is -1.05. The third-order valence-corrected chi connectivity index (χ3v) is 7.05. The summed E-state index contributed by atoms with van der Waals surface area (Å²) in [7, 11) is -1.55. The summed E-state index contributed by atoms with van der Waals surface area (Å²) in [6, 6.07) is 10.1. The van der Waals surface area contributed by atoms with Gasteiger partial charge in [-0.2, -0.15) is 0 Å². The molecule has 1 fully saturated rings. The van der Waals surface area contributed by atoms with Crippen molar-refractivity contribution in [3.8, 4) is 0 Å². The van der Waals surface area contributed by atoms with E-state index in [-0.39, 0.29) is 17.2 Å². The lowest BCUT2D eigenvalue weighted by Crippen LogP contribution is -2.48. The molecule has 1 atom stereocenters. The van der Waals surface area contributed by atoms with Gasteiger partial charge in [-0.05, 0) is 25.3 Å². The minimum absolute atomic E-state index is 0.00340. The van der Waals surface area contributed by atoms with Gasteiger partial charge >= 0.3 is 0 Å². The maximum atomic E-state index is 12.6. The summed E-state index contributed by atoms with van der Waals surface area (Å²) in [5, 5.41) is -0.0885. The smallest absolute Gasteiger partial charge is 0.235 e. The topological polar surface area (TPSA) is 57.7 Å². The summed E-state index contributed by atoms with van der Waals surface area (Å²) < 4.78 is 24.7. The highest BCUT2D eigenvalue weighted by molar-refractivity contribution is 7.99. The molecule has 0 spiro atoms. The Bertz CT molecular complexity index is 641. The average Bonchev–Trinajstić information content (AvgIpc) is 2.58. The molecular weight excluding hydrogens is 344 g/mol. The van der Waals surface area contributed by atoms with Gasteiger partial charge in [-0.15, -0.1) is 11.8 Å². The number of benzene rings is 1. The second kappa shape index (κ2) is 8.36. The van der Waals surface area contributed by atoms with Crippen LogP contribution < -0.4 is 0 Å². The Morgan fingerprint density at radius 1 is 1.29 bits per heavy atom. The Balaban J connectivity index is 1.81. The number of likely N-dealkylation sites (tertiary alicyclic amines) is 1. The zero-order chi connectivity index (χ0) is 17.7. The summed E-state index contributed by atoms with van der Waals surface area (Å²) in [6.45, 7) is 3.20. The van der Waals surface area contributed by atoms with Crippen LogP contribution in [-0.4, -0.2) is 61.2 Å². The van der Waals surface area contributed by atoms with Crippen molar-refractivity contribution >= 4 is 27.7 Å². The van der Waals surface area contributed by atoms with E-state index >= 15 is 0 Å². The highest BCUT2D eigenvalue weighted by Gasteiger charge is 2.30. The first-order valence-electron chi connectivity index (χ1n) is 8.16. The summed E-state index contributed by atoms with van der Waals surface area (Å²) in [6.07, 6.45) is 2.63. The molecule has 0 bridgehead atoms. The lowest BCUT2D eigenvalue weighted by Gasteiger charge is -2.36. The van der Waals surface area contributed by atoms with E-state index < -0.39 is 10.0 Å². The largest absolute Gasteiger partial charge is 0.342 e. The van der Waals surface area contributed by atoms with Crippen LogP contribution in [0.5, 0.6) is 0 Å². The summed E-state index contributed by atoms with van der Waals surface area (Å²) in [5.41, 5.74) is 1.22. The molecule has 1 amide bonds. The number of nitrogens with zero attached hydrogens (tertiary/aromatic N) is 2. The molecule has 1 saturated heterocycles. The fraction of sp³-hybridized carbons (Fsp3) is 0.588. The Labute approximate surface area is 149 Å². The van der Waals surface area contributed by atoms with Crippen molar-refractivity contribution in [1.29, 1.82) is 0 Å². The van der Waals surface area contributed by atoms with Crippen LogP contribution in [0.15, 0.2) is 30.3 Å². The first kappa shape index (κ1) is 19.3. The van der Waals surface area contributed by atoms with E-state index in [9.17, 15) is 13.2 Å². The molecule has 0 saturated carbocycles. The van der Waals surface area contributed by atoms with Crippen LogP contribution >= 0.6 is 11.8 Å². The van der Waals surface area contributed by atoms with E-state index in [0.29, 0.717) is 25.9 Å². The molecule has 1 aromatic carbocycles. The summed E-state index contributed by atoms with van der Waals surface area (Å²) >= 11 is 1.65. The highest BCUT2D eigenvalue weighted by Crippen LogP contribution is 2.23. The third kappa shape index (κ3) is 5.22. The molecule has 1 heterocycles. The van der Waals surface area contributed by atoms with Crippen LogP contribution in [0.2, 0.25) is 0 Å². The van der Waals surface area contributed by atoms with Crippen LogP contribution in [-0.2, 0) is 20.6 Å². The van der Waals surface area contributed by atoms with Gasteiger partial charge in [0.2, 0.25) is 15.9 Å². The number of carbonyl (C=O) groups excluding carboxylic acids is 1. The maximum absolute atomic E-state index is 12.6. The number of carbonyl (C=O) groups is 1. The van der Waals surface area contributed by atoms with Gasteiger partial charge in [-0.3, -0.25) is 4.79 Å². The molecule has 2 rings (SSSR count). The molecule has 1 unspecified atom stereocenters. The van der Waals surface area contributed by atoms with Gasteiger partial charge in [0.1, 0.15) is 0 Å². The molecule has 1 aliphatic rings. The van der Waals surface area contributed by atoms with E-state index in [2.05, 4.69) is 12.1 Å². The molecule has 0 N–H and O–H groups in total. The molecule has 24 heavy (non-hydrogen) atoms. The molecule has 134 valence electrons. The lowest BCUT2D eigenvalue weighted by atomic mass is 10.1. The van der Waals surface area contributed by atoms with Crippen LogP contribution in [0, 0.1) is 0 Å². The standard InChI is InChI=1S/C17H26N2O3S2/c1-14(23-13-15-7-5-4-6-8-15)17(20)19-11-9-16(10-12-19)18(2)24(3,21)22/h4-8,14,16H,9-13H2,1-3H3. The van der Waals surface area contributed by atoms with Crippen molar-refractivity contribution in [3.05, 3.63) is 35.9 Å². The molecular formula is C17H26N2O3S2. The van der Waals surface area contributed by atoms with E-state index in [1.54, 1.807) is 18.8 Å². The van der Waals surface area contributed by atoms with Crippen LogP contribution in [0.3, 0.4) is 0 Å². The van der Waals surface area contributed by atoms with Crippen molar-refractivity contribution in [3.63, 3.8) is 0 Å². The number of thioether (sulfide) groups is 1. The fourth-order valence-corrected chi connectivity index (χ4v) is 4.52. The van der Waals surface area contributed by atoms with Crippen LogP contribution in [0.4, 0.5) is 0 Å². The third-order valence-electron chi connectivity index (χ3n) is 4.50. The normalized spacial score (nSPS) is 17.9. The minimum atomic E-state index is -3.17. The summed E-state index contributed by atoms with van der Waals surface area (Å²) in [5.74, 6) is 0.970. The number of rotatable bonds is 6.